The molecule has 1 atom stereocenters. The van der Waals surface area contributed by atoms with Crippen molar-refractivity contribution < 1.29 is 14.7 Å². The maximum absolute atomic E-state index is 11.8. The molecule has 1 rings (SSSR count). The number of hydrogen-bond acceptors (Lipinski definition) is 3. The van der Waals surface area contributed by atoms with Crippen molar-refractivity contribution in [1.82, 2.24) is 10.2 Å². The van der Waals surface area contributed by atoms with Gasteiger partial charge in [-0.15, -0.1) is 0 Å². The number of aliphatic carboxylic acids is 1. The molecule has 1 amide bonds. The van der Waals surface area contributed by atoms with E-state index in [1.165, 1.54) is 0 Å². The van der Waals surface area contributed by atoms with Gasteiger partial charge in [0.2, 0.25) is 5.91 Å². The number of benzene rings is 1. The minimum atomic E-state index is -0.929. The lowest BCUT2D eigenvalue weighted by atomic mass is 10.0. The zero-order valence-corrected chi connectivity index (χ0v) is 11.3. The van der Waals surface area contributed by atoms with Crippen LogP contribution in [0, 0.1) is 0 Å². The van der Waals surface area contributed by atoms with Crippen LogP contribution in [0.2, 0.25) is 0 Å². The molecule has 0 saturated carbocycles. The molecular weight excluding hydrogens is 244 g/mol. The molecule has 2 N–H and O–H groups in total. The lowest BCUT2D eigenvalue weighted by molar-refractivity contribution is -0.137. The van der Waals surface area contributed by atoms with Crippen molar-refractivity contribution >= 4 is 11.9 Å². The van der Waals surface area contributed by atoms with Crippen LogP contribution in [-0.4, -0.2) is 42.5 Å². The molecular formula is C14H20N2O3. The summed E-state index contributed by atoms with van der Waals surface area (Å²) in [5.74, 6) is -1.06. The second kappa shape index (κ2) is 7.53. The van der Waals surface area contributed by atoms with Gasteiger partial charge in [-0.05, 0) is 19.7 Å². The Hall–Kier alpha value is -1.88. The summed E-state index contributed by atoms with van der Waals surface area (Å²) in [6.45, 7) is 0.639. The second-order valence-electron chi connectivity index (χ2n) is 4.68. The molecule has 19 heavy (non-hydrogen) atoms. The molecule has 0 spiro atoms. The Morgan fingerprint density at radius 2 is 1.89 bits per heavy atom. The first-order valence-electron chi connectivity index (χ1n) is 6.20. The molecule has 0 aliphatic rings. The third-order valence-corrected chi connectivity index (χ3v) is 2.70. The summed E-state index contributed by atoms with van der Waals surface area (Å²) in [6.07, 6.45) is 0.244. The molecule has 0 saturated heterocycles. The maximum atomic E-state index is 11.8. The van der Waals surface area contributed by atoms with E-state index in [9.17, 15) is 9.59 Å². The summed E-state index contributed by atoms with van der Waals surface area (Å²) >= 11 is 0. The van der Waals surface area contributed by atoms with Gasteiger partial charge in [0, 0.05) is 13.0 Å². The quantitative estimate of drug-likeness (QED) is 0.778. The van der Waals surface area contributed by atoms with Crippen LogP contribution in [-0.2, 0) is 9.59 Å². The van der Waals surface area contributed by atoms with Gasteiger partial charge in [-0.3, -0.25) is 9.59 Å². The number of carbonyl (C=O) groups excluding carboxylic acids is 1. The van der Waals surface area contributed by atoms with Gasteiger partial charge in [0.1, 0.15) is 0 Å². The normalized spacial score (nSPS) is 12.2. The van der Waals surface area contributed by atoms with Gasteiger partial charge < -0.3 is 15.3 Å². The first kappa shape index (κ1) is 15.2. The standard InChI is InChI=1S/C14H20N2O3/c1-16(2)9-8-13(17)15-12(10-14(18)19)11-6-4-3-5-7-11/h3-7,12H,8-10H2,1-2H3,(H,15,17)(H,18,19). The predicted octanol–water partition coefficient (Wildman–Crippen LogP) is 1.27. The molecule has 0 bridgehead atoms. The zero-order chi connectivity index (χ0) is 14.3. The Morgan fingerprint density at radius 1 is 1.26 bits per heavy atom. The van der Waals surface area contributed by atoms with Crippen LogP contribution < -0.4 is 5.32 Å². The third-order valence-electron chi connectivity index (χ3n) is 2.70. The van der Waals surface area contributed by atoms with E-state index in [1.807, 2.05) is 49.3 Å². The Kier molecular flexibility index (Phi) is 6.02. The van der Waals surface area contributed by atoms with Crippen LogP contribution in [0.3, 0.4) is 0 Å². The van der Waals surface area contributed by atoms with E-state index in [2.05, 4.69) is 5.32 Å². The summed E-state index contributed by atoms with van der Waals surface area (Å²) in [4.78, 5) is 24.6. The van der Waals surface area contributed by atoms with Crippen molar-refractivity contribution in [3.63, 3.8) is 0 Å². The van der Waals surface area contributed by atoms with E-state index in [1.54, 1.807) is 0 Å². The van der Waals surface area contributed by atoms with Gasteiger partial charge in [-0.25, -0.2) is 0 Å². The summed E-state index contributed by atoms with van der Waals surface area (Å²) in [6, 6.07) is 8.68. The van der Waals surface area contributed by atoms with Crippen LogP contribution >= 0.6 is 0 Å². The van der Waals surface area contributed by atoms with Crippen molar-refractivity contribution in [2.24, 2.45) is 0 Å². The number of nitrogens with one attached hydrogen (secondary N) is 1. The summed E-state index contributed by atoms with van der Waals surface area (Å²) < 4.78 is 0. The van der Waals surface area contributed by atoms with E-state index in [-0.39, 0.29) is 12.3 Å². The molecule has 0 aliphatic heterocycles. The van der Waals surface area contributed by atoms with Gasteiger partial charge in [0.15, 0.2) is 0 Å². The molecule has 1 aromatic carbocycles. The second-order valence-corrected chi connectivity index (χ2v) is 4.68. The summed E-state index contributed by atoms with van der Waals surface area (Å²) in [7, 11) is 3.78. The Labute approximate surface area is 113 Å². The maximum Gasteiger partial charge on any atom is 0.305 e. The molecule has 0 aromatic heterocycles. The van der Waals surface area contributed by atoms with Crippen molar-refractivity contribution in [1.29, 1.82) is 0 Å². The van der Waals surface area contributed by atoms with Crippen LogP contribution in [0.5, 0.6) is 0 Å². The average molecular weight is 264 g/mol. The molecule has 1 unspecified atom stereocenters. The minimum absolute atomic E-state index is 0.113. The highest BCUT2D eigenvalue weighted by Crippen LogP contribution is 2.16. The fourth-order valence-corrected chi connectivity index (χ4v) is 1.70. The smallest absolute Gasteiger partial charge is 0.305 e. The van der Waals surface area contributed by atoms with Crippen molar-refractivity contribution in [3.8, 4) is 0 Å². The highest BCUT2D eigenvalue weighted by molar-refractivity contribution is 5.77. The molecule has 1 aromatic rings. The van der Waals surface area contributed by atoms with Crippen LogP contribution in [0.1, 0.15) is 24.4 Å². The fraction of sp³-hybridized carbons (Fsp3) is 0.429. The molecule has 5 nitrogen and oxygen atoms in total. The van der Waals surface area contributed by atoms with Crippen molar-refractivity contribution in [2.45, 2.75) is 18.9 Å². The van der Waals surface area contributed by atoms with E-state index < -0.39 is 12.0 Å². The fourth-order valence-electron chi connectivity index (χ4n) is 1.70. The van der Waals surface area contributed by atoms with E-state index in [0.29, 0.717) is 13.0 Å². The number of rotatable bonds is 7. The predicted molar refractivity (Wildman–Crippen MR) is 72.7 cm³/mol. The topological polar surface area (TPSA) is 69.6 Å². The largest absolute Gasteiger partial charge is 0.481 e. The first-order chi connectivity index (χ1) is 8.99. The summed E-state index contributed by atoms with van der Waals surface area (Å²) in [5.41, 5.74) is 0.808. The SMILES string of the molecule is CN(C)CCC(=O)NC(CC(=O)O)c1ccccc1. The molecule has 104 valence electrons. The van der Waals surface area contributed by atoms with Gasteiger partial charge in [-0.2, -0.15) is 0 Å². The Balaban J connectivity index is 2.65. The molecule has 0 heterocycles. The van der Waals surface area contributed by atoms with Crippen molar-refractivity contribution in [2.75, 3.05) is 20.6 Å². The highest BCUT2D eigenvalue weighted by atomic mass is 16.4. The number of carboxylic acids is 1. The summed E-state index contributed by atoms with van der Waals surface area (Å²) in [5, 5.41) is 11.7. The average Bonchev–Trinajstić information content (AvgIpc) is 2.36. The first-order valence-corrected chi connectivity index (χ1v) is 6.20. The number of hydrogen-bond donors (Lipinski definition) is 2. The monoisotopic (exact) mass is 264 g/mol. The van der Waals surface area contributed by atoms with E-state index in [0.717, 1.165) is 5.56 Å². The lowest BCUT2D eigenvalue weighted by Crippen LogP contribution is -2.32. The van der Waals surface area contributed by atoms with Gasteiger partial charge in [-0.1, -0.05) is 30.3 Å². The highest BCUT2D eigenvalue weighted by Gasteiger charge is 2.17. The Bertz CT molecular complexity index is 418. The lowest BCUT2D eigenvalue weighted by Gasteiger charge is -2.18. The van der Waals surface area contributed by atoms with Gasteiger partial charge in [0.05, 0.1) is 12.5 Å². The molecule has 0 radical (unpaired) electrons. The molecule has 0 aliphatic carbocycles. The number of amides is 1. The minimum Gasteiger partial charge on any atom is -0.481 e. The zero-order valence-electron chi connectivity index (χ0n) is 11.3. The molecule has 5 heteroatoms. The number of carboxylic acid groups (broad SMARTS) is 1. The van der Waals surface area contributed by atoms with Gasteiger partial charge >= 0.3 is 5.97 Å². The van der Waals surface area contributed by atoms with Gasteiger partial charge in [0.25, 0.3) is 0 Å². The third kappa shape index (κ3) is 6.01. The van der Waals surface area contributed by atoms with Crippen molar-refractivity contribution in [3.05, 3.63) is 35.9 Å². The molecule has 0 fully saturated rings. The Morgan fingerprint density at radius 3 is 2.42 bits per heavy atom. The van der Waals surface area contributed by atoms with E-state index >= 15 is 0 Å². The van der Waals surface area contributed by atoms with Crippen LogP contribution in [0.25, 0.3) is 0 Å². The van der Waals surface area contributed by atoms with Crippen LogP contribution in [0.4, 0.5) is 0 Å². The van der Waals surface area contributed by atoms with E-state index in [4.69, 9.17) is 5.11 Å². The van der Waals surface area contributed by atoms with Crippen LogP contribution in [0.15, 0.2) is 30.3 Å². The number of nitrogens with zero attached hydrogens (tertiary/aromatic N) is 1. The number of carbonyl (C=O) groups is 2.